The summed E-state index contributed by atoms with van der Waals surface area (Å²) in [5.74, 6) is -0.308. The lowest BCUT2D eigenvalue weighted by atomic mass is 10.2. The van der Waals surface area contributed by atoms with Crippen LogP contribution in [0.2, 0.25) is 0 Å². The zero-order valence-electron chi connectivity index (χ0n) is 14.8. The molecule has 1 heterocycles. The van der Waals surface area contributed by atoms with Gasteiger partial charge in [0.25, 0.3) is 0 Å². The summed E-state index contributed by atoms with van der Waals surface area (Å²) < 4.78 is 13.1. The molecule has 1 aliphatic heterocycles. The molecule has 2 amide bonds. The van der Waals surface area contributed by atoms with Crippen LogP contribution < -0.4 is 15.5 Å². The van der Waals surface area contributed by atoms with Crippen LogP contribution >= 0.6 is 0 Å². The lowest BCUT2D eigenvalue weighted by Crippen LogP contribution is -2.44. The number of halogens is 1. The molecular weight excluding hydrogens is 331 g/mol. The molecule has 26 heavy (non-hydrogen) atoms. The number of hydrogen-bond acceptors (Lipinski definition) is 3. The second-order valence-electron chi connectivity index (χ2n) is 6.32. The predicted molar refractivity (Wildman–Crippen MR) is 104 cm³/mol. The number of likely N-dealkylation sites (N-methyl/N-ethyl adjacent to an activating group) is 1. The number of carbonyl (C=O) groups is 1. The predicted octanol–water partition coefficient (Wildman–Crippen LogP) is 3.37. The zero-order valence-corrected chi connectivity index (χ0v) is 14.8. The molecule has 2 aromatic carbocycles. The summed E-state index contributed by atoms with van der Waals surface area (Å²) in [4.78, 5) is 16.6. The van der Waals surface area contributed by atoms with Crippen molar-refractivity contribution in [3.63, 3.8) is 0 Å². The van der Waals surface area contributed by atoms with E-state index in [-0.39, 0.29) is 11.8 Å². The fraction of sp³-hybridized carbons (Fsp3) is 0.250. The molecule has 0 bridgehead atoms. The third-order valence-corrected chi connectivity index (χ3v) is 4.33. The Labute approximate surface area is 153 Å². The number of amides is 2. The topological polar surface area (TPSA) is 47.6 Å². The molecule has 1 aliphatic rings. The Hall–Kier alpha value is -2.86. The Balaban J connectivity index is 1.50. The van der Waals surface area contributed by atoms with Crippen molar-refractivity contribution in [3.05, 3.63) is 66.1 Å². The number of anilines is 2. The highest BCUT2D eigenvalue weighted by molar-refractivity contribution is 5.90. The van der Waals surface area contributed by atoms with Gasteiger partial charge < -0.3 is 20.4 Å². The van der Waals surface area contributed by atoms with Crippen LogP contribution in [0, 0.1) is 5.82 Å². The summed E-state index contributed by atoms with van der Waals surface area (Å²) in [6.45, 7) is 4.13. The Morgan fingerprint density at radius 1 is 1.08 bits per heavy atom. The summed E-state index contributed by atoms with van der Waals surface area (Å²) >= 11 is 0. The van der Waals surface area contributed by atoms with Crippen LogP contribution in [0.1, 0.15) is 5.56 Å². The van der Waals surface area contributed by atoms with E-state index in [0.29, 0.717) is 5.56 Å². The maximum Gasteiger partial charge on any atom is 0.323 e. The van der Waals surface area contributed by atoms with Gasteiger partial charge in [0.15, 0.2) is 0 Å². The monoisotopic (exact) mass is 354 g/mol. The number of benzene rings is 2. The number of nitrogens with zero attached hydrogens (tertiary/aromatic N) is 2. The van der Waals surface area contributed by atoms with Crippen LogP contribution in [-0.4, -0.2) is 44.2 Å². The van der Waals surface area contributed by atoms with Gasteiger partial charge in [-0.25, -0.2) is 9.18 Å². The van der Waals surface area contributed by atoms with Gasteiger partial charge in [0.1, 0.15) is 5.82 Å². The van der Waals surface area contributed by atoms with Gasteiger partial charge >= 0.3 is 6.03 Å². The molecule has 0 atom stereocenters. The van der Waals surface area contributed by atoms with E-state index in [2.05, 4.69) is 27.5 Å². The van der Waals surface area contributed by atoms with Crippen molar-refractivity contribution in [1.82, 2.24) is 10.2 Å². The molecular formula is C20H23FN4O. The highest BCUT2D eigenvalue weighted by atomic mass is 19.1. The van der Waals surface area contributed by atoms with Crippen LogP contribution in [0.4, 0.5) is 20.6 Å². The second kappa shape index (κ2) is 8.49. The van der Waals surface area contributed by atoms with Gasteiger partial charge in [-0.1, -0.05) is 12.1 Å². The number of carbonyl (C=O) groups excluding carboxylic acids is 1. The smallest absolute Gasteiger partial charge is 0.323 e. The van der Waals surface area contributed by atoms with E-state index in [1.807, 2.05) is 24.3 Å². The zero-order chi connectivity index (χ0) is 18.4. The molecule has 1 fully saturated rings. The summed E-state index contributed by atoms with van der Waals surface area (Å²) in [5.41, 5.74) is 2.57. The van der Waals surface area contributed by atoms with Crippen molar-refractivity contribution >= 4 is 23.5 Å². The van der Waals surface area contributed by atoms with Crippen molar-refractivity contribution in [2.75, 3.05) is 43.4 Å². The molecule has 6 heteroatoms. The Morgan fingerprint density at radius 3 is 2.50 bits per heavy atom. The van der Waals surface area contributed by atoms with E-state index in [1.165, 1.54) is 18.3 Å². The average molecular weight is 354 g/mol. The third-order valence-electron chi connectivity index (χ3n) is 4.33. The minimum Gasteiger partial charge on any atom is -0.369 e. The number of piperazine rings is 1. The number of urea groups is 1. The number of nitrogens with one attached hydrogen (secondary N) is 2. The molecule has 136 valence electrons. The summed E-state index contributed by atoms with van der Waals surface area (Å²) in [7, 11) is 2.13. The minimum atomic E-state index is -0.343. The van der Waals surface area contributed by atoms with Crippen LogP contribution in [-0.2, 0) is 0 Å². The first-order valence-electron chi connectivity index (χ1n) is 8.63. The van der Waals surface area contributed by atoms with E-state index >= 15 is 0 Å². The van der Waals surface area contributed by atoms with E-state index in [0.717, 1.165) is 37.6 Å². The maximum atomic E-state index is 13.1. The van der Waals surface area contributed by atoms with Crippen molar-refractivity contribution in [3.8, 4) is 0 Å². The second-order valence-corrected chi connectivity index (χ2v) is 6.32. The molecule has 1 saturated heterocycles. The molecule has 0 aromatic heterocycles. The Kier molecular flexibility index (Phi) is 5.86. The Bertz CT molecular complexity index is 768. The lowest BCUT2D eigenvalue weighted by molar-refractivity contribution is 0.255. The van der Waals surface area contributed by atoms with Crippen molar-refractivity contribution in [1.29, 1.82) is 0 Å². The van der Waals surface area contributed by atoms with Gasteiger partial charge in [0.05, 0.1) is 0 Å². The lowest BCUT2D eigenvalue weighted by Gasteiger charge is -2.34. The normalized spacial score (nSPS) is 15.2. The fourth-order valence-electron chi connectivity index (χ4n) is 2.81. The molecule has 2 N–H and O–H groups in total. The maximum absolute atomic E-state index is 13.1. The molecule has 0 radical (unpaired) electrons. The van der Waals surface area contributed by atoms with Crippen LogP contribution in [0.3, 0.4) is 0 Å². The van der Waals surface area contributed by atoms with Crippen molar-refractivity contribution < 1.29 is 9.18 Å². The molecule has 0 unspecified atom stereocenters. The molecule has 0 spiro atoms. The molecule has 0 saturated carbocycles. The molecule has 5 nitrogen and oxygen atoms in total. The van der Waals surface area contributed by atoms with Gasteiger partial charge in [0, 0.05) is 43.8 Å². The Morgan fingerprint density at radius 2 is 1.81 bits per heavy atom. The highest BCUT2D eigenvalue weighted by Gasteiger charge is 2.14. The third kappa shape index (κ3) is 5.07. The van der Waals surface area contributed by atoms with Crippen LogP contribution in [0.15, 0.2) is 54.7 Å². The standard InChI is InChI=1S/C20H23FN4O/c1-24-11-13-25(14-12-24)19-7-5-18(6-8-19)23-20(26)22-10-9-16-3-2-4-17(21)15-16/h2-10,15H,11-14H2,1H3,(H2,22,23,26)/b10-9+. The van der Waals surface area contributed by atoms with Crippen LogP contribution in [0.25, 0.3) is 6.08 Å². The summed E-state index contributed by atoms with van der Waals surface area (Å²) in [6, 6.07) is 13.6. The summed E-state index contributed by atoms with van der Waals surface area (Å²) in [6.07, 6.45) is 3.13. The SMILES string of the molecule is CN1CCN(c2ccc(NC(=O)N/C=C/c3cccc(F)c3)cc2)CC1. The van der Waals surface area contributed by atoms with Crippen molar-refractivity contribution in [2.45, 2.75) is 0 Å². The van der Waals surface area contributed by atoms with Gasteiger partial charge in [-0.15, -0.1) is 0 Å². The van der Waals surface area contributed by atoms with Gasteiger partial charge in [-0.05, 0) is 55.1 Å². The number of hydrogen-bond donors (Lipinski definition) is 2. The van der Waals surface area contributed by atoms with E-state index in [9.17, 15) is 9.18 Å². The van der Waals surface area contributed by atoms with Crippen LogP contribution in [0.5, 0.6) is 0 Å². The highest BCUT2D eigenvalue weighted by Crippen LogP contribution is 2.19. The number of rotatable bonds is 4. The van der Waals surface area contributed by atoms with Gasteiger partial charge in [-0.3, -0.25) is 0 Å². The average Bonchev–Trinajstić information content (AvgIpc) is 2.63. The van der Waals surface area contributed by atoms with Gasteiger partial charge in [-0.2, -0.15) is 0 Å². The fourth-order valence-corrected chi connectivity index (χ4v) is 2.81. The quantitative estimate of drug-likeness (QED) is 0.885. The van der Waals surface area contributed by atoms with E-state index in [4.69, 9.17) is 0 Å². The van der Waals surface area contributed by atoms with Crippen molar-refractivity contribution in [2.24, 2.45) is 0 Å². The first-order chi connectivity index (χ1) is 12.6. The molecule has 3 rings (SSSR count). The first kappa shape index (κ1) is 17.9. The van der Waals surface area contributed by atoms with E-state index < -0.39 is 0 Å². The molecule has 2 aromatic rings. The van der Waals surface area contributed by atoms with E-state index in [1.54, 1.807) is 18.2 Å². The van der Waals surface area contributed by atoms with Gasteiger partial charge in [0.2, 0.25) is 0 Å². The largest absolute Gasteiger partial charge is 0.369 e. The molecule has 0 aliphatic carbocycles. The summed E-state index contributed by atoms with van der Waals surface area (Å²) in [5, 5.41) is 5.39. The minimum absolute atomic E-state index is 0.308. The first-order valence-corrected chi connectivity index (χ1v) is 8.63.